The van der Waals surface area contributed by atoms with Gasteiger partial charge in [0.05, 0.1) is 6.33 Å². The van der Waals surface area contributed by atoms with Crippen LogP contribution in [-0.4, -0.2) is 45.9 Å². The molecule has 3 heterocycles. The van der Waals surface area contributed by atoms with E-state index in [-0.39, 0.29) is 11.8 Å². The summed E-state index contributed by atoms with van der Waals surface area (Å²) < 4.78 is 2.10. The molecule has 6 heteroatoms. The number of benzene rings is 1. The van der Waals surface area contributed by atoms with E-state index in [4.69, 9.17) is 0 Å². The number of anilines is 1. The van der Waals surface area contributed by atoms with Gasteiger partial charge < -0.3 is 14.4 Å². The van der Waals surface area contributed by atoms with Crippen molar-refractivity contribution < 1.29 is 9.59 Å². The molecular formula is C20H24N4O2. The second-order valence-corrected chi connectivity index (χ2v) is 7.19. The maximum atomic E-state index is 12.9. The van der Waals surface area contributed by atoms with E-state index in [0.29, 0.717) is 18.9 Å². The number of likely N-dealkylation sites (tertiary alicyclic amines) is 1. The van der Waals surface area contributed by atoms with E-state index in [1.165, 1.54) is 0 Å². The molecule has 4 rings (SSSR count). The number of nitrogens with zero attached hydrogens (tertiary/aromatic N) is 4. The predicted octanol–water partition coefficient (Wildman–Crippen LogP) is 2.17. The Bertz CT molecular complexity index is 751. The van der Waals surface area contributed by atoms with E-state index in [1.54, 1.807) is 11.1 Å². The summed E-state index contributed by atoms with van der Waals surface area (Å²) in [5.74, 6) is 0.00463. The smallest absolute Gasteiger partial charge is 0.239 e. The van der Waals surface area contributed by atoms with Crippen molar-refractivity contribution in [2.45, 2.75) is 25.8 Å². The van der Waals surface area contributed by atoms with E-state index in [9.17, 15) is 9.59 Å². The average molecular weight is 352 g/mol. The van der Waals surface area contributed by atoms with Gasteiger partial charge in [0.1, 0.15) is 5.92 Å². The highest BCUT2D eigenvalue weighted by atomic mass is 16.2. The van der Waals surface area contributed by atoms with E-state index < -0.39 is 5.92 Å². The Morgan fingerprint density at radius 2 is 1.85 bits per heavy atom. The number of carbonyl (C=O) groups is 2. The molecule has 0 bridgehead atoms. The van der Waals surface area contributed by atoms with Crippen molar-refractivity contribution >= 4 is 17.5 Å². The number of hydrogen-bond acceptors (Lipinski definition) is 3. The highest BCUT2D eigenvalue weighted by molar-refractivity contribution is 6.09. The van der Waals surface area contributed by atoms with Gasteiger partial charge in [-0.15, -0.1) is 0 Å². The normalized spacial score (nSPS) is 21.4. The Hall–Kier alpha value is -2.63. The summed E-state index contributed by atoms with van der Waals surface area (Å²) in [5.41, 5.74) is 0.881. The maximum absolute atomic E-state index is 12.9. The van der Waals surface area contributed by atoms with Crippen LogP contribution in [0.2, 0.25) is 0 Å². The summed E-state index contributed by atoms with van der Waals surface area (Å²) in [6.07, 6.45) is 8.19. The van der Waals surface area contributed by atoms with Gasteiger partial charge in [-0.25, -0.2) is 4.98 Å². The lowest BCUT2D eigenvalue weighted by molar-refractivity contribution is -0.141. The van der Waals surface area contributed by atoms with Crippen LogP contribution in [0, 0.1) is 11.8 Å². The number of piperidine rings is 1. The molecule has 1 unspecified atom stereocenters. The van der Waals surface area contributed by atoms with E-state index in [0.717, 1.165) is 38.2 Å². The molecule has 2 saturated heterocycles. The Kier molecular flexibility index (Phi) is 4.73. The highest BCUT2D eigenvalue weighted by Gasteiger charge is 2.40. The second kappa shape index (κ2) is 7.32. The number of carbonyl (C=O) groups excluding carboxylic acids is 2. The summed E-state index contributed by atoms with van der Waals surface area (Å²) in [6, 6.07) is 9.62. The fraction of sp³-hybridized carbons (Fsp3) is 0.450. The molecule has 2 aliphatic rings. The van der Waals surface area contributed by atoms with E-state index >= 15 is 0 Å². The zero-order valence-corrected chi connectivity index (χ0v) is 14.8. The van der Waals surface area contributed by atoms with Crippen LogP contribution in [0.5, 0.6) is 0 Å². The van der Waals surface area contributed by atoms with Gasteiger partial charge in [-0.3, -0.25) is 9.59 Å². The van der Waals surface area contributed by atoms with Crippen molar-refractivity contribution in [1.82, 2.24) is 14.5 Å². The van der Waals surface area contributed by atoms with Crippen molar-refractivity contribution in [3.05, 3.63) is 49.1 Å². The van der Waals surface area contributed by atoms with Crippen molar-refractivity contribution in [3.63, 3.8) is 0 Å². The third-order valence-electron chi connectivity index (χ3n) is 5.53. The van der Waals surface area contributed by atoms with Crippen LogP contribution in [-0.2, 0) is 16.1 Å². The second-order valence-electron chi connectivity index (χ2n) is 7.19. The van der Waals surface area contributed by atoms with Crippen LogP contribution in [0.4, 0.5) is 5.69 Å². The van der Waals surface area contributed by atoms with Gasteiger partial charge in [0.2, 0.25) is 11.8 Å². The lowest BCUT2D eigenvalue weighted by Gasteiger charge is -2.33. The van der Waals surface area contributed by atoms with Crippen molar-refractivity contribution in [3.8, 4) is 0 Å². The molecule has 2 fully saturated rings. The SMILES string of the molecule is O=C(C1CCN(c2ccccc2)C1=O)N1CCC(Cn2ccnc2)CC1. The molecule has 26 heavy (non-hydrogen) atoms. The number of imidazole rings is 1. The largest absolute Gasteiger partial charge is 0.342 e. The van der Waals surface area contributed by atoms with Gasteiger partial charge in [0, 0.05) is 44.3 Å². The fourth-order valence-electron chi connectivity index (χ4n) is 4.02. The predicted molar refractivity (Wildman–Crippen MR) is 98.4 cm³/mol. The minimum absolute atomic E-state index is 0.00881. The van der Waals surface area contributed by atoms with Crippen LogP contribution in [0.25, 0.3) is 0 Å². The minimum Gasteiger partial charge on any atom is -0.342 e. The topological polar surface area (TPSA) is 58.4 Å². The summed E-state index contributed by atoms with van der Waals surface area (Å²) in [5, 5.41) is 0. The van der Waals surface area contributed by atoms with Gasteiger partial charge in [0.15, 0.2) is 0 Å². The van der Waals surface area contributed by atoms with Crippen LogP contribution in [0.1, 0.15) is 19.3 Å². The van der Waals surface area contributed by atoms with Gasteiger partial charge in [-0.1, -0.05) is 18.2 Å². The number of hydrogen-bond donors (Lipinski definition) is 0. The van der Waals surface area contributed by atoms with Crippen molar-refractivity contribution in [2.24, 2.45) is 11.8 Å². The van der Waals surface area contributed by atoms with E-state index in [1.807, 2.05) is 47.8 Å². The summed E-state index contributed by atoms with van der Waals surface area (Å²) in [4.78, 5) is 33.3. The molecule has 0 aliphatic carbocycles. The third kappa shape index (κ3) is 3.36. The number of aromatic nitrogens is 2. The molecule has 0 spiro atoms. The molecule has 136 valence electrons. The van der Waals surface area contributed by atoms with Crippen LogP contribution < -0.4 is 4.90 Å². The Labute approximate surface area is 153 Å². The van der Waals surface area contributed by atoms with Gasteiger partial charge in [-0.05, 0) is 37.3 Å². The van der Waals surface area contributed by atoms with Gasteiger partial charge in [0.25, 0.3) is 0 Å². The molecule has 2 aromatic rings. The quantitative estimate of drug-likeness (QED) is 0.793. The first-order valence-electron chi connectivity index (χ1n) is 9.33. The van der Waals surface area contributed by atoms with Crippen molar-refractivity contribution in [1.29, 1.82) is 0 Å². The first-order chi connectivity index (χ1) is 12.7. The monoisotopic (exact) mass is 352 g/mol. The summed E-state index contributed by atoms with van der Waals surface area (Å²) in [7, 11) is 0. The van der Waals surface area contributed by atoms with Crippen molar-refractivity contribution in [2.75, 3.05) is 24.5 Å². The molecule has 6 nitrogen and oxygen atoms in total. The average Bonchev–Trinajstić information content (AvgIpc) is 3.32. The number of para-hydroxylation sites is 1. The summed E-state index contributed by atoms with van der Waals surface area (Å²) in [6.45, 7) is 3.06. The van der Waals surface area contributed by atoms with Crippen LogP contribution >= 0.6 is 0 Å². The molecule has 0 radical (unpaired) electrons. The molecule has 1 atom stereocenters. The highest BCUT2D eigenvalue weighted by Crippen LogP contribution is 2.28. The molecule has 0 N–H and O–H groups in total. The van der Waals surface area contributed by atoms with Crippen LogP contribution in [0.15, 0.2) is 49.1 Å². The van der Waals surface area contributed by atoms with E-state index in [2.05, 4.69) is 9.55 Å². The Morgan fingerprint density at radius 3 is 2.54 bits per heavy atom. The van der Waals surface area contributed by atoms with Gasteiger partial charge in [-0.2, -0.15) is 0 Å². The molecule has 2 amide bonds. The van der Waals surface area contributed by atoms with Crippen LogP contribution in [0.3, 0.4) is 0 Å². The first-order valence-corrected chi connectivity index (χ1v) is 9.33. The lowest BCUT2D eigenvalue weighted by Crippen LogP contribution is -2.44. The number of amides is 2. The Morgan fingerprint density at radius 1 is 1.08 bits per heavy atom. The fourth-order valence-corrected chi connectivity index (χ4v) is 4.02. The maximum Gasteiger partial charge on any atom is 0.239 e. The number of rotatable bonds is 4. The third-order valence-corrected chi connectivity index (χ3v) is 5.53. The standard InChI is InChI=1S/C20H24N4O2/c25-19(18-8-12-24(20(18)26)17-4-2-1-3-5-17)23-10-6-16(7-11-23)14-22-13-9-21-15-22/h1-5,9,13,15-16,18H,6-8,10-12,14H2. The molecular weight excluding hydrogens is 328 g/mol. The minimum atomic E-state index is -0.514. The van der Waals surface area contributed by atoms with Gasteiger partial charge >= 0.3 is 0 Å². The zero-order chi connectivity index (χ0) is 17.9. The Balaban J connectivity index is 1.33. The first kappa shape index (κ1) is 16.8. The molecule has 1 aromatic heterocycles. The summed E-state index contributed by atoms with van der Waals surface area (Å²) >= 11 is 0. The molecule has 0 saturated carbocycles. The lowest BCUT2D eigenvalue weighted by atomic mass is 9.95. The molecule has 1 aromatic carbocycles. The molecule has 2 aliphatic heterocycles. The zero-order valence-electron chi connectivity index (χ0n) is 14.8.